The Bertz CT molecular complexity index is 614. The van der Waals surface area contributed by atoms with Crippen molar-refractivity contribution in [3.63, 3.8) is 0 Å². The summed E-state index contributed by atoms with van der Waals surface area (Å²) >= 11 is 0. The highest BCUT2D eigenvalue weighted by Crippen LogP contribution is 2.46. The van der Waals surface area contributed by atoms with Crippen LogP contribution in [0.5, 0.6) is 0 Å². The summed E-state index contributed by atoms with van der Waals surface area (Å²) in [6.07, 6.45) is 4.04. The van der Waals surface area contributed by atoms with Gasteiger partial charge in [-0.3, -0.25) is 10.1 Å². The van der Waals surface area contributed by atoms with E-state index in [1.165, 1.54) is 12.1 Å². The van der Waals surface area contributed by atoms with Gasteiger partial charge in [-0.1, -0.05) is 0 Å². The molecule has 1 aromatic heterocycles. The first-order valence-electron chi connectivity index (χ1n) is 6.16. The lowest BCUT2D eigenvalue weighted by Gasteiger charge is -2.07. The molecule has 0 amide bonds. The standard InChI is InChI=1S/C13H14N4O2/c14-9-13(6-7-13)12-5-8-16(15-12)10-1-3-11(4-2-10)17(18)19/h1-5,8H,6-7,9,14H2. The van der Waals surface area contributed by atoms with E-state index in [2.05, 4.69) is 5.10 Å². The van der Waals surface area contributed by atoms with E-state index in [0.29, 0.717) is 6.54 Å². The van der Waals surface area contributed by atoms with E-state index in [9.17, 15) is 10.1 Å². The maximum atomic E-state index is 10.6. The maximum absolute atomic E-state index is 10.6. The van der Waals surface area contributed by atoms with E-state index in [4.69, 9.17) is 5.73 Å². The van der Waals surface area contributed by atoms with Gasteiger partial charge < -0.3 is 5.73 Å². The third kappa shape index (κ3) is 2.00. The molecular formula is C13H14N4O2. The Balaban J connectivity index is 1.88. The molecule has 0 unspecified atom stereocenters. The first kappa shape index (κ1) is 11.9. The fraction of sp³-hybridized carbons (Fsp3) is 0.308. The predicted octanol–water partition coefficient (Wildman–Crippen LogP) is 1.77. The van der Waals surface area contributed by atoms with Gasteiger partial charge in [0.25, 0.3) is 5.69 Å². The second-order valence-electron chi connectivity index (χ2n) is 4.90. The SMILES string of the molecule is NCC1(c2ccn(-c3ccc([N+](=O)[O-])cc3)n2)CC1. The van der Waals surface area contributed by atoms with Crippen molar-refractivity contribution in [3.8, 4) is 5.69 Å². The molecule has 6 nitrogen and oxygen atoms in total. The number of hydrogen-bond acceptors (Lipinski definition) is 4. The maximum Gasteiger partial charge on any atom is 0.269 e. The van der Waals surface area contributed by atoms with Gasteiger partial charge in [0.2, 0.25) is 0 Å². The Morgan fingerprint density at radius 3 is 2.53 bits per heavy atom. The Hall–Kier alpha value is -2.21. The molecule has 0 spiro atoms. The molecule has 2 aromatic rings. The molecule has 0 aliphatic heterocycles. The first-order valence-corrected chi connectivity index (χ1v) is 6.16. The van der Waals surface area contributed by atoms with Crippen LogP contribution in [-0.2, 0) is 5.41 Å². The molecule has 2 N–H and O–H groups in total. The predicted molar refractivity (Wildman–Crippen MR) is 70.2 cm³/mol. The van der Waals surface area contributed by atoms with Gasteiger partial charge in [0, 0.05) is 30.3 Å². The topological polar surface area (TPSA) is 87.0 Å². The zero-order valence-corrected chi connectivity index (χ0v) is 10.3. The van der Waals surface area contributed by atoms with Crippen LogP contribution in [0.1, 0.15) is 18.5 Å². The number of nitro benzene ring substituents is 1. The van der Waals surface area contributed by atoms with Crippen molar-refractivity contribution >= 4 is 5.69 Å². The molecular weight excluding hydrogens is 244 g/mol. The summed E-state index contributed by atoms with van der Waals surface area (Å²) in [6.45, 7) is 0.615. The van der Waals surface area contributed by atoms with E-state index in [1.54, 1.807) is 16.8 Å². The second kappa shape index (κ2) is 4.17. The van der Waals surface area contributed by atoms with Gasteiger partial charge in [0.05, 0.1) is 16.3 Å². The van der Waals surface area contributed by atoms with E-state index < -0.39 is 4.92 Å². The number of hydrogen-bond donors (Lipinski definition) is 1. The van der Waals surface area contributed by atoms with Crippen molar-refractivity contribution in [1.82, 2.24) is 9.78 Å². The van der Waals surface area contributed by atoms with Gasteiger partial charge in [0.15, 0.2) is 0 Å². The molecule has 98 valence electrons. The number of nitro groups is 1. The van der Waals surface area contributed by atoms with Gasteiger partial charge in [-0.2, -0.15) is 5.10 Å². The molecule has 0 atom stereocenters. The van der Waals surface area contributed by atoms with Crippen LogP contribution in [0.3, 0.4) is 0 Å². The summed E-state index contributed by atoms with van der Waals surface area (Å²) in [5.41, 5.74) is 7.74. The molecule has 3 rings (SSSR count). The Labute approximate surface area is 110 Å². The van der Waals surface area contributed by atoms with Gasteiger partial charge in [-0.05, 0) is 31.0 Å². The van der Waals surface area contributed by atoms with Crippen LogP contribution in [-0.4, -0.2) is 21.2 Å². The van der Waals surface area contributed by atoms with Gasteiger partial charge in [-0.15, -0.1) is 0 Å². The normalized spacial score (nSPS) is 16.3. The largest absolute Gasteiger partial charge is 0.330 e. The van der Waals surface area contributed by atoms with Crippen molar-refractivity contribution in [3.05, 3.63) is 52.3 Å². The highest BCUT2D eigenvalue weighted by atomic mass is 16.6. The fourth-order valence-corrected chi connectivity index (χ4v) is 2.19. The summed E-state index contributed by atoms with van der Waals surface area (Å²) in [5.74, 6) is 0. The molecule has 1 aliphatic carbocycles. The van der Waals surface area contributed by atoms with Crippen LogP contribution in [0, 0.1) is 10.1 Å². The minimum absolute atomic E-state index is 0.0615. The molecule has 1 aromatic carbocycles. The summed E-state index contributed by atoms with van der Waals surface area (Å²) in [4.78, 5) is 10.2. The molecule has 1 fully saturated rings. The number of rotatable bonds is 4. The molecule has 0 bridgehead atoms. The number of nitrogens with zero attached hydrogens (tertiary/aromatic N) is 3. The Kier molecular flexibility index (Phi) is 2.60. The Morgan fingerprint density at radius 2 is 2.00 bits per heavy atom. The average Bonchev–Trinajstić information content (AvgIpc) is 3.08. The lowest BCUT2D eigenvalue weighted by atomic mass is 10.0. The van der Waals surface area contributed by atoms with Gasteiger partial charge in [0.1, 0.15) is 0 Å². The number of benzene rings is 1. The molecule has 6 heteroatoms. The minimum atomic E-state index is -0.411. The fourth-order valence-electron chi connectivity index (χ4n) is 2.19. The van der Waals surface area contributed by atoms with Crippen LogP contribution in [0.2, 0.25) is 0 Å². The van der Waals surface area contributed by atoms with Crippen molar-refractivity contribution in [1.29, 1.82) is 0 Å². The average molecular weight is 258 g/mol. The summed E-state index contributed by atoms with van der Waals surface area (Å²) in [7, 11) is 0. The summed E-state index contributed by atoms with van der Waals surface area (Å²) < 4.78 is 1.73. The highest BCUT2D eigenvalue weighted by Gasteiger charge is 2.44. The smallest absolute Gasteiger partial charge is 0.269 e. The molecule has 1 saturated carbocycles. The van der Waals surface area contributed by atoms with E-state index in [-0.39, 0.29) is 11.1 Å². The van der Waals surface area contributed by atoms with Crippen molar-refractivity contribution < 1.29 is 4.92 Å². The zero-order valence-electron chi connectivity index (χ0n) is 10.3. The zero-order chi connectivity index (χ0) is 13.5. The van der Waals surface area contributed by atoms with Crippen molar-refractivity contribution in [2.75, 3.05) is 6.54 Å². The van der Waals surface area contributed by atoms with Crippen LogP contribution in [0.15, 0.2) is 36.5 Å². The van der Waals surface area contributed by atoms with Crippen molar-refractivity contribution in [2.45, 2.75) is 18.3 Å². The Morgan fingerprint density at radius 1 is 1.32 bits per heavy atom. The monoisotopic (exact) mass is 258 g/mol. The number of nitrogens with two attached hydrogens (primary N) is 1. The van der Waals surface area contributed by atoms with Gasteiger partial charge in [-0.25, -0.2) is 4.68 Å². The highest BCUT2D eigenvalue weighted by molar-refractivity contribution is 5.40. The summed E-state index contributed by atoms with van der Waals surface area (Å²) in [5, 5.41) is 15.1. The molecule has 0 radical (unpaired) electrons. The minimum Gasteiger partial charge on any atom is -0.330 e. The van der Waals surface area contributed by atoms with Gasteiger partial charge >= 0.3 is 0 Å². The second-order valence-corrected chi connectivity index (χ2v) is 4.90. The van der Waals surface area contributed by atoms with Crippen LogP contribution < -0.4 is 5.73 Å². The quantitative estimate of drug-likeness (QED) is 0.668. The van der Waals surface area contributed by atoms with Crippen LogP contribution in [0.4, 0.5) is 5.69 Å². The summed E-state index contributed by atoms with van der Waals surface area (Å²) in [6, 6.07) is 8.31. The van der Waals surface area contributed by atoms with E-state index >= 15 is 0 Å². The lowest BCUT2D eigenvalue weighted by molar-refractivity contribution is -0.384. The van der Waals surface area contributed by atoms with Crippen LogP contribution in [0.25, 0.3) is 5.69 Å². The third-order valence-corrected chi connectivity index (χ3v) is 3.70. The van der Waals surface area contributed by atoms with E-state index in [1.807, 2.05) is 12.3 Å². The number of non-ortho nitro benzene ring substituents is 1. The first-order chi connectivity index (χ1) is 9.14. The molecule has 19 heavy (non-hydrogen) atoms. The lowest BCUT2D eigenvalue weighted by Crippen LogP contribution is -2.20. The molecule has 1 aliphatic rings. The molecule has 1 heterocycles. The van der Waals surface area contributed by atoms with Crippen molar-refractivity contribution in [2.24, 2.45) is 5.73 Å². The number of aromatic nitrogens is 2. The third-order valence-electron chi connectivity index (χ3n) is 3.70. The van der Waals surface area contributed by atoms with Crippen LogP contribution >= 0.6 is 0 Å². The van der Waals surface area contributed by atoms with E-state index in [0.717, 1.165) is 24.2 Å². The molecule has 0 saturated heterocycles.